The minimum absolute atomic E-state index is 0.313. The van der Waals surface area contributed by atoms with Crippen molar-refractivity contribution in [3.8, 4) is 0 Å². The molecule has 102 valence electrons. The molecule has 0 fully saturated rings. The Labute approximate surface area is 118 Å². The first kappa shape index (κ1) is 14.2. The van der Waals surface area contributed by atoms with Crippen LogP contribution in [0.3, 0.4) is 0 Å². The number of hydrogen-bond acceptors (Lipinski definition) is 4. The third-order valence-electron chi connectivity index (χ3n) is 3.02. The minimum atomic E-state index is 0.313. The van der Waals surface area contributed by atoms with E-state index in [0.717, 1.165) is 18.2 Å². The minimum Gasteiger partial charge on any atom is -0.440 e. The van der Waals surface area contributed by atoms with Gasteiger partial charge in [-0.3, -0.25) is 0 Å². The summed E-state index contributed by atoms with van der Waals surface area (Å²) in [7, 11) is 0. The maximum Gasteiger partial charge on any atom is 0.255 e. The summed E-state index contributed by atoms with van der Waals surface area (Å²) >= 11 is 1.70. The second-order valence-corrected chi connectivity index (χ2v) is 5.50. The van der Waals surface area contributed by atoms with E-state index < -0.39 is 0 Å². The van der Waals surface area contributed by atoms with Crippen molar-refractivity contribution in [2.24, 2.45) is 0 Å². The topological polar surface area (TPSA) is 38.1 Å². The SMILES string of the molecule is CCNC(c1ccccc1)C(CC)Sc1ncco1. The zero-order valence-corrected chi connectivity index (χ0v) is 12.2. The molecule has 4 heteroatoms. The van der Waals surface area contributed by atoms with E-state index in [4.69, 9.17) is 4.42 Å². The molecule has 1 aromatic heterocycles. The molecule has 2 unspecified atom stereocenters. The van der Waals surface area contributed by atoms with Gasteiger partial charge in [-0.15, -0.1) is 0 Å². The summed E-state index contributed by atoms with van der Waals surface area (Å²) in [5, 5.41) is 4.72. The third-order valence-corrected chi connectivity index (χ3v) is 4.33. The van der Waals surface area contributed by atoms with Crippen LogP contribution in [-0.4, -0.2) is 16.8 Å². The van der Waals surface area contributed by atoms with Crippen molar-refractivity contribution >= 4 is 11.8 Å². The summed E-state index contributed by atoms with van der Waals surface area (Å²) in [6, 6.07) is 10.9. The number of hydrogen-bond donors (Lipinski definition) is 1. The number of nitrogens with zero attached hydrogens (tertiary/aromatic N) is 1. The number of benzene rings is 1. The first-order valence-corrected chi connectivity index (χ1v) is 7.57. The largest absolute Gasteiger partial charge is 0.440 e. The van der Waals surface area contributed by atoms with Crippen LogP contribution in [-0.2, 0) is 0 Å². The number of oxazole rings is 1. The maximum atomic E-state index is 5.35. The van der Waals surface area contributed by atoms with E-state index in [1.54, 1.807) is 24.2 Å². The number of aromatic nitrogens is 1. The van der Waals surface area contributed by atoms with Crippen molar-refractivity contribution in [3.63, 3.8) is 0 Å². The van der Waals surface area contributed by atoms with Crippen LogP contribution in [0.1, 0.15) is 31.9 Å². The molecule has 2 aromatic rings. The van der Waals surface area contributed by atoms with Crippen molar-refractivity contribution in [2.75, 3.05) is 6.54 Å². The van der Waals surface area contributed by atoms with Crippen LogP contribution >= 0.6 is 11.8 Å². The zero-order chi connectivity index (χ0) is 13.5. The third kappa shape index (κ3) is 3.85. The van der Waals surface area contributed by atoms with Gasteiger partial charge >= 0.3 is 0 Å². The second kappa shape index (κ2) is 7.36. The van der Waals surface area contributed by atoms with Crippen LogP contribution in [0.15, 0.2) is 52.4 Å². The van der Waals surface area contributed by atoms with Crippen LogP contribution in [0.2, 0.25) is 0 Å². The molecule has 0 amide bonds. The van der Waals surface area contributed by atoms with E-state index in [1.165, 1.54) is 5.56 Å². The Balaban J connectivity index is 2.16. The molecule has 0 spiro atoms. The van der Waals surface area contributed by atoms with Crippen LogP contribution < -0.4 is 5.32 Å². The second-order valence-electron chi connectivity index (χ2n) is 4.31. The lowest BCUT2D eigenvalue weighted by Crippen LogP contribution is -2.29. The number of rotatable bonds is 7. The summed E-state index contributed by atoms with van der Waals surface area (Å²) in [6.07, 6.45) is 4.37. The number of nitrogens with one attached hydrogen (secondary N) is 1. The van der Waals surface area contributed by atoms with Gasteiger partial charge in [0.15, 0.2) is 0 Å². The molecule has 0 aliphatic rings. The van der Waals surface area contributed by atoms with Crippen LogP contribution in [0, 0.1) is 0 Å². The molecule has 0 bridgehead atoms. The van der Waals surface area contributed by atoms with Crippen molar-refractivity contribution < 1.29 is 4.42 Å². The summed E-state index contributed by atoms with van der Waals surface area (Å²) in [5.41, 5.74) is 1.32. The molecule has 3 nitrogen and oxygen atoms in total. The van der Waals surface area contributed by atoms with Gasteiger partial charge in [-0.25, -0.2) is 4.98 Å². The molecule has 0 saturated heterocycles. The maximum absolute atomic E-state index is 5.35. The predicted molar refractivity (Wildman–Crippen MR) is 79.3 cm³/mol. The molecule has 0 aliphatic carbocycles. The fourth-order valence-corrected chi connectivity index (χ4v) is 3.18. The van der Waals surface area contributed by atoms with E-state index >= 15 is 0 Å². The van der Waals surface area contributed by atoms with E-state index in [0.29, 0.717) is 11.3 Å². The molecule has 0 radical (unpaired) electrons. The molecule has 1 aromatic carbocycles. The van der Waals surface area contributed by atoms with E-state index in [2.05, 4.69) is 54.5 Å². The Hall–Kier alpha value is -1.26. The molecule has 0 saturated carbocycles. The molecule has 1 N–H and O–H groups in total. The van der Waals surface area contributed by atoms with Gasteiger partial charge in [-0.05, 0) is 18.5 Å². The van der Waals surface area contributed by atoms with Crippen molar-refractivity contribution in [1.29, 1.82) is 0 Å². The highest BCUT2D eigenvalue weighted by Crippen LogP contribution is 2.33. The number of thioether (sulfide) groups is 1. The average Bonchev–Trinajstić information content (AvgIpc) is 2.96. The Bertz CT molecular complexity index is 458. The van der Waals surface area contributed by atoms with Crippen molar-refractivity contribution in [3.05, 3.63) is 48.4 Å². The van der Waals surface area contributed by atoms with Gasteiger partial charge in [-0.1, -0.05) is 55.9 Å². The fraction of sp³-hybridized carbons (Fsp3) is 0.400. The summed E-state index contributed by atoms with van der Waals surface area (Å²) < 4.78 is 5.35. The Morgan fingerprint density at radius 3 is 2.63 bits per heavy atom. The first-order chi connectivity index (χ1) is 9.35. The Morgan fingerprint density at radius 2 is 2.05 bits per heavy atom. The molecule has 2 atom stereocenters. The zero-order valence-electron chi connectivity index (χ0n) is 11.4. The van der Waals surface area contributed by atoms with E-state index in [-0.39, 0.29) is 0 Å². The van der Waals surface area contributed by atoms with Gasteiger partial charge in [0.2, 0.25) is 0 Å². The predicted octanol–water partition coefficient (Wildman–Crippen LogP) is 3.90. The van der Waals surface area contributed by atoms with Gasteiger partial charge in [0.1, 0.15) is 6.26 Å². The van der Waals surface area contributed by atoms with E-state index in [1.807, 2.05) is 0 Å². The molecular weight excluding hydrogens is 256 g/mol. The van der Waals surface area contributed by atoms with Crippen LogP contribution in [0.25, 0.3) is 0 Å². The van der Waals surface area contributed by atoms with Gasteiger partial charge in [0.05, 0.1) is 6.20 Å². The van der Waals surface area contributed by atoms with E-state index in [9.17, 15) is 0 Å². The summed E-state index contributed by atoms with van der Waals surface area (Å²) in [4.78, 5) is 4.21. The molecular formula is C15H20N2OS. The normalized spacial score (nSPS) is 14.2. The van der Waals surface area contributed by atoms with Gasteiger partial charge in [-0.2, -0.15) is 0 Å². The first-order valence-electron chi connectivity index (χ1n) is 6.69. The quantitative estimate of drug-likeness (QED) is 0.778. The fourth-order valence-electron chi connectivity index (χ4n) is 2.13. The molecule has 2 rings (SSSR count). The highest BCUT2D eigenvalue weighted by molar-refractivity contribution is 7.99. The average molecular weight is 276 g/mol. The lowest BCUT2D eigenvalue weighted by atomic mass is 10.0. The summed E-state index contributed by atoms with van der Waals surface area (Å²) in [6.45, 7) is 5.29. The monoisotopic (exact) mass is 276 g/mol. The van der Waals surface area contributed by atoms with Gasteiger partial charge < -0.3 is 9.73 Å². The van der Waals surface area contributed by atoms with Gasteiger partial charge in [0, 0.05) is 11.3 Å². The smallest absolute Gasteiger partial charge is 0.255 e. The Morgan fingerprint density at radius 1 is 1.26 bits per heavy atom. The van der Waals surface area contributed by atoms with Crippen molar-refractivity contribution in [2.45, 2.75) is 36.8 Å². The molecule has 19 heavy (non-hydrogen) atoms. The van der Waals surface area contributed by atoms with Gasteiger partial charge in [0.25, 0.3) is 5.22 Å². The van der Waals surface area contributed by atoms with Crippen LogP contribution in [0.4, 0.5) is 0 Å². The standard InChI is InChI=1S/C15H20N2OS/c1-3-13(19-15-17-10-11-18-15)14(16-4-2)12-8-6-5-7-9-12/h5-11,13-14,16H,3-4H2,1-2H3. The molecule has 0 aliphatic heterocycles. The van der Waals surface area contributed by atoms with Crippen LogP contribution in [0.5, 0.6) is 0 Å². The molecule has 1 heterocycles. The lowest BCUT2D eigenvalue weighted by Gasteiger charge is -2.26. The lowest BCUT2D eigenvalue weighted by molar-refractivity contribution is 0.447. The highest BCUT2D eigenvalue weighted by Gasteiger charge is 2.23. The summed E-state index contributed by atoms with van der Waals surface area (Å²) in [5.74, 6) is 0. The Kier molecular flexibility index (Phi) is 5.48. The highest BCUT2D eigenvalue weighted by atomic mass is 32.2. The van der Waals surface area contributed by atoms with Crippen molar-refractivity contribution in [1.82, 2.24) is 10.3 Å².